The molecule has 90 valence electrons. The zero-order chi connectivity index (χ0) is 12.2. The topological polar surface area (TPSA) is 48.4 Å². The van der Waals surface area contributed by atoms with Gasteiger partial charge in [-0.15, -0.1) is 0 Å². The van der Waals surface area contributed by atoms with Gasteiger partial charge in [0.05, 0.1) is 18.5 Å². The van der Waals surface area contributed by atoms with E-state index in [0.717, 1.165) is 0 Å². The summed E-state index contributed by atoms with van der Waals surface area (Å²) in [6.07, 6.45) is 0. The van der Waals surface area contributed by atoms with Crippen LogP contribution in [0, 0.1) is 0 Å². The second kappa shape index (κ2) is 5.99. The van der Waals surface area contributed by atoms with Crippen molar-refractivity contribution in [1.29, 1.82) is 0 Å². The summed E-state index contributed by atoms with van der Waals surface area (Å²) in [5.41, 5.74) is 0. The van der Waals surface area contributed by atoms with E-state index in [1.165, 1.54) is 12.1 Å². The van der Waals surface area contributed by atoms with Crippen molar-refractivity contribution in [2.75, 3.05) is 13.2 Å². The van der Waals surface area contributed by atoms with Gasteiger partial charge in [-0.3, -0.25) is 4.57 Å². The smallest absolute Gasteiger partial charge is 0.305 e. The van der Waals surface area contributed by atoms with Gasteiger partial charge in [-0.2, -0.15) is 0 Å². The molecule has 0 bridgehead atoms. The summed E-state index contributed by atoms with van der Waals surface area (Å²) < 4.78 is 22.6. The Morgan fingerprint density at radius 2 is 1.62 bits per heavy atom. The molecule has 0 aromatic carbocycles. The van der Waals surface area contributed by atoms with Crippen molar-refractivity contribution in [3.63, 3.8) is 0 Å². The van der Waals surface area contributed by atoms with Crippen LogP contribution in [0.3, 0.4) is 0 Å². The van der Waals surface area contributed by atoms with E-state index in [1.54, 1.807) is 13.8 Å². The van der Waals surface area contributed by atoms with Gasteiger partial charge in [0.15, 0.2) is 0 Å². The van der Waals surface area contributed by atoms with Gasteiger partial charge in [-0.05, 0) is 26.0 Å². The van der Waals surface area contributed by atoms with Crippen molar-refractivity contribution in [3.05, 3.63) is 22.4 Å². The third kappa shape index (κ3) is 3.44. The maximum Gasteiger partial charge on any atom is 0.361 e. The van der Waals surface area contributed by atoms with Crippen LogP contribution in [0.25, 0.3) is 0 Å². The number of nitrogens with zero attached hydrogens (tertiary/aromatic N) is 1. The molecule has 0 N–H and O–H groups in total. The van der Waals surface area contributed by atoms with Crippen LogP contribution in [0.5, 0.6) is 0 Å². The minimum Gasteiger partial charge on any atom is -0.305 e. The van der Waals surface area contributed by atoms with Crippen molar-refractivity contribution in [2.24, 2.45) is 0 Å². The van der Waals surface area contributed by atoms with Crippen molar-refractivity contribution in [1.82, 2.24) is 4.98 Å². The van der Waals surface area contributed by atoms with Crippen molar-refractivity contribution in [3.8, 4) is 0 Å². The molecule has 1 rings (SSSR count). The van der Waals surface area contributed by atoms with Crippen molar-refractivity contribution >= 4 is 36.1 Å². The van der Waals surface area contributed by atoms with E-state index in [0.29, 0.717) is 5.30 Å². The van der Waals surface area contributed by atoms with Gasteiger partial charge < -0.3 is 9.05 Å². The Labute approximate surface area is 104 Å². The van der Waals surface area contributed by atoms with Gasteiger partial charge >= 0.3 is 7.60 Å². The third-order valence-electron chi connectivity index (χ3n) is 1.66. The predicted molar refractivity (Wildman–Crippen MR) is 64.7 cm³/mol. The molecule has 0 fully saturated rings. The molecule has 4 nitrogen and oxygen atoms in total. The molecular weight excluding hydrogens is 272 g/mol. The zero-order valence-electron chi connectivity index (χ0n) is 8.94. The van der Waals surface area contributed by atoms with E-state index >= 15 is 0 Å². The van der Waals surface area contributed by atoms with Gasteiger partial charge in [-0.1, -0.05) is 23.2 Å². The Bertz CT molecular complexity index is 383. The number of aromatic nitrogens is 1. The molecule has 1 heterocycles. The van der Waals surface area contributed by atoms with Crippen LogP contribution in [-0.4, -0.2) is 18.2 Å². The number of rotatable bonds is 5. The standard InChI is InChI=1S/C9H12Cl2NO3P/c1-3-14-16(13,15-4-2)7-5-8(10)12-9(11)6-7/h5-6H,3-4H2,1-2H3. The second-order valence-corrected chi connectivity index (χ2v) is 5.61. The van der Waals surface area contributed by atoms with Crippen LogP contribution in [-0.2, 0) is 13.6 Å². The minimum atomic E-state index is -3.33. The second-order valence-electron chi connectivity index (χ2n) is 2.80. The first-order valence-electron chi connectivity index (χ1n) is 4.74. The molecule has 0 amide bonds. The van der Waals surface area contributed by atoms with E-state index in [9.17, 15) is 4.57 Å². The summed E-state index contributed by atoms with van der Waals surface area (Å²) in [6, 6.07) is 2.86. The lowest BCUT2D eigenvalue weighted by atomic mass is 10.5. The molecule has 1 aromatic rings. The van der Waals surface area contributed by atoms with Crippen LogP contribution >= 0.6 is 30.8 Å². The average Bonchev–Trinajstić information content (AvgIpc) is 2.16. The quantitative estimate of drug-likeness (QED) is 0.615. The highest BCUT2D eigenvalue weighted by Gasteiger charge is 2.27. The van der Waals surface area contributed by atoms with Gasteiger partial charge in [0.25, 0.3) is 0 Å². The molecule has 1 aromatic heterocycles. The average molecular weight is 284 g/mol. The van der Waals surface area contributed by atoms with E-state index in [1.807, 2.05) is 0 Å². The Hall–Kier alpha value is -0.120. The third-order valence-corrected chi connectivity index (χ3v) is 4.14. The number of halogens is 2. The molecular formula is C9H12Cl2NO3P. The fourth-order valence-corrected chi connectivity index (χ4v) is 3.36. The summed E-state index contributed by atoms with van der Waals surface area (Å²) in [4.78, 5) is 3.77. The van der Waals surface area contributed by atoms with Crippen molar-refractivity contribution in [2.45, 2.75) is 13.8 Å². The summed E-state index contributed by atoms with van der Waals surface area (Å²) >= 11 is 11.5. The van der Waals surface area contributed by atoms with Crippen LogP contribution in [0.4, 0.5) is 0 Å². The Balaban J connectivity index is 3.15. The number of pyridine rings is 1. The lowest BCUT2D eigenvalue weighted by Crippen LogP contribution is -2.11. The van der Waals surface area contributed by atoms with Gasteiger partial charge in [-0.25, -0.2) is 4.98 Å². The molecule has 0 radical (unpaired) electrons. The molecule has 0 spiro atoms. The fourth-order valence-electron chi connectivity index (χ4n) is 1.14. The van der Waals surface area contributed by atoms with Gasteiger partial charge in [0.1, 0.15) is 10.3 Å². The molecule has 0 aliphatic heterocycles. The first-order chi connectivity index (χ1) is 7.51. The highest BCUT2D eigenvalue weighted by molar-refractivity contribution is 7.62. The lowest BCUT2D eigenvalue weighted by molar-refractivity contribution is 0.230. The molecule has 0 unspecified atom stereocenters. The first kappa shape index (κ1) is 13.9. The van der Waals surface area contributed by atoms with Crippen LogP contribution < -0.4 is 5.30 Å². The fraction of sp³-hybridized carbons (Fsp3) is 0.444. The Morgan fingerprint density at radius 1 is 1.19 bits per heavy atom. The molecule has 0 saturated heterocycles. The number of hydrogen-bond donors (Lipinski definition) is 0. The van der Waals surface area contributed by atoms with Crippen LogP contribution in [0.1, 0.15) is 13.8 Å². The van der Waals surface area contributed by atoms with E-state index in [2.05, 4.69) is 4.98 Å². The molecule has 0 aliphatic carbocycles. The highest BCUT2D eigenvalue weighted by Crippen LogP contribution is 2.47. The highest BCUT2D eigenvalue weighted by atomic mass is 35.5. The predicted octanol–water partition coefficient (Wildman–Crippen LogP) is 3.28. The monoisotopic (exact) mass is 283 g/mol. The molecule has 16 heavy (non-hydrogen) atoms. The summed E-state index contributed by atoms with van der Waals surface area (Å²) in [6.45, 7) is 4.01. The van der Waals surface area contributed by atoms with E-state index in [4.69, 9.17) is 32.2 Å². The van der Waals surface area contributed by atoms with Crippen LogP contribution in [0.15, 0.2) is 12.1 Å². The van der Waals surface area contributed by atoms with Crippen molar-refractivity contribution < 1.29 is 13.6 Å². The van der Waals surface area contributed by atoms with E-state index in [-0.39, 0.29) is 23.5 Å². The van der Waals surface area contributed by atoms with E-state index < -0.39 is 7.60 Å². The molecule has 7 heteroatoms. The lowest BCUT2D eigenvalue weighted by Gasteiger charge is -2.17. The maximum absolute atomic E-state index is 12.3. The SMILES string of the molecule is CCOP(=O)(OCC)c1cc(Cl)nc(Cl)c1. The van der Waals surface area contributed by atoms with Gasteiger partial charge in [0, 0.05) is 0 Å². The summed E-state index contributed by atoms with van der Waals surface area (Å²) in [7, 11) is -3.33. The molecule has 0 aliphatic rings. The Kier molecular flexibility index (Phi) is 5.22. The number of hydrogen-bond acceptors (Lipinski definition) is 4. The Morgan fingerprint density at radius 3 is 2.00 bits per heavy atom. The maximum atomic E-state index is 12.3. The molecule has 0 saturated carbocycles. The first-order valence-corrected chi connectivity index (χ1v) is 7.04. The summed E-state index contributed by atoms with van der Waals surface area (Å²) in [5, 5.41) is 0.630. The minimum absolute atomic E-state index is 0.155. The normalized spacial score (nSPS) is 11.8. The summed E-state index contributed by atoms with van der Waals surface area (Å²) in [5.74, 6) is 0. The molecule has 0 atom stereocenters. The van der Waals surface area contributed by atoms with Crippen LogP contribution in [0.2, 0.25) is 10.3 Å². The van der Waals surface area contributed by atoms with Gasteiger partial charge in [0.2, 0.25) is 0 Å². The zero-order valence-corrected chi connectivity index (χ0v) is 11.4. The largest absolute Gasteiger partial charge is 0.361 e.